The Kier molecular flexibility index (Phi) is 4.88. The van der Waals surface area contributed by atoms with Crippen LogP contribution in [0.2, 0.25) is 0 Å². The lowest BCUT2D eigenvalue weighted by Crippen LogP contribution is -2.48. The van der Waals surface area contributed by atoms with Gasteiger partial charge in [-0.2, -0.15) is 0 Å². The molecule has 2 aliphatic rings. The zero-order valence-corrected chi connectivity index (χ0v) is 12.5. The summed E-state index contributed by atoms with van der Waals surface area (Å²) in [5, 5.41) is 6.91. The maximum absolute atomic E-state index is 11.9. The molecule has 114 valence electrons. The first kappa shape index (κ1) is 14.5. The monoisotopic (exact) mass is 288 g/mol. The Labute approximate surface area is 126 Å². The molecule has 0 saturated carbocycles. The van der Waals surface area contributed by atoms with Crippen LogP contribution in [0.1, 0.15) is 41.6 Å². The summed E-state index contributed by atoms with van der Waals surface area (Å²) in [5.41, 5.74) is 1.99. The highest BCUT2D eigenvalue weighted by molar-refractivity contribution is 5.99. The Bertz CT molecular complexity index is 496. The van der Waals surface area contributed by atoms with Crippen molar-refractivity contribution in [1.82, 2.24) is 10.6 Å². The number of ketones is 1. The van der Waals surface area contributed by atoms with Gasteiger partial charge in [0.05, 0.1) is 6.61 Å². The predicted molar refractivity (Wildman–Crippen MR) is 83.1 cm³/mol. The van der Waals surface area contributed by atoms with E-state index in [1.165, 1.54) is 0 Å². The minimum absolute atomic E-state index is 0.263. The largest absolute Gasteiger partial charge is 0.493 e. The van der Waals surface area contributed by atoms with Gasteiger partial charge in [-0.25, -0.2) is 0 Å². The highest BCUT2D eigenvalue weighted by Crippen LogP contribution is 2.29. The summed E-state index contributed by atoms with van der Waals surface area (Å²) >= 11 is 0. The van der Waals surface area contributed by atoms with Crippen LogP contribution in [0.4, 0.5) is 0 Å². The second-order valence-electron chi connectivity index (χ2n) is 5.90. The van der Waals surface area contributed by atoms with E-state index in [9.17, 15) is 4.79 Å². The number of hydrogen-bond acceptors (Lipinski definition) is 4. The van der Waals surface area contributed by atoms with Crippen LogP contribution in [0, 0.1) is 0 Å². The average Bonchev–Trinajstić information content (AvgIpc) is 2.53. The molecule has 2 N–H and O–H groups in total. The Balaban J connectivity index is 1.51. The minimum atomic E-state index is 0.263. The van der Waals surface area contributed by atoms with Gasteiger partial charge in [-0.15, -0.1) is 0 Å². The Morgan fingerprint density at radius 3 is 3.05 bits per heavy atom. The fourth-order valence-corrected chi connectivity index (χ4v) is 3.21. The number of rotatable bonds is 5. The SMILES string of the molecule is O=C1CCCc2c(OCCCC3CNCCN3)cccc21. The molecule has 1 aromatic rings. The smallest absolute Gasteiger partial charge is 0.163 e. The molecule has 1 unspecified atom stereocenters. The first-order chi connectivity index (χ1) is 10.3. The molecular formula is C17H24N2O2. The standard InChI is InChI=1S/C17H24N2O2/c20-16-7-1-6-15-14(16)5-2-8-17(15)21-11-3-4-13-12-18-9-10-19-13/h2,5,8,13,18-19H,1,3-4,6-7,9-12H2. The number of fused-ring (bicyclic) bond motifs is 1. The number of ether oxygens (including phenoxy) is 1. The van der Waals surface area contributed by atoms with Gasteiger partial charge in [0.15, 0.2) is 5.78 Å². The zero-order valence-electron chi connectivity index (χ0n) is 12.5. The summed E-state index contributed by atoms with van der Waals surface area (Å²) in [4.78, 5) is 11.9. The van der Waals surface area contributed by atoms with Crippen LogP contribution in [0.25, 0.3) is 0 Å². The summed E-state index contributed by atoms with van der Waals surface area (Å²) in [6.07, 6.45) is 4.75. The number of carbonyl (C=O) groups is 1. The average molecular weight is 288 g/mol. The number of hydrogen-bond donors (Lipinski definition) is 2. The van der Waals surface area contributed by atoms with Crippen LogP contribution in [0.15, 0.2) is 18.2 Å². The van der Waals surface area contributed by atoms with Crippen LogP contribution < -0.4 is 15.4 Å². The summed E-state index contributed by atoms with van der Waals surface area (Å²) < 4.78 is 5.94. The molecule has 1 saturated heterocycles. The van der Waals surface area contributed by atoms with Crippen LogP contribution in [0.5, 0.6) is 5.75 Å². The second kappa shape index (κ2) is 7.05. The van der Waals surface area contributed by atoms with Gasteiger partial charge in [0.25, 0.3) is 0 Å². The van der Waals surface area contributed by atoms with Crippen LogP contribution in [-0.2, 0) is 6.42 Å². The molecule has 21 heavy (non-hydrogen) atoms. The molecule has 1 aliphatic carbocycles. The van der Waals surface area contributed by atoms with Gasteiger partial charge in [-0.1, -0.05) is 12.1 Å². The lowest BCUT2D eigenvalue weighted by molar-refractivity contribution is 0.0971. The highest BCUT2D eigenvalue weighted by Gasteiger charge is 2.20. The number of benzene rings is 1. The van der Waals surface area contributed by atoms with E-state index in [0.29, 0.717) is 12.5 Å². The number of piperazine rings is 1. The first-order valence-corrected chi connectivity index (χ1v) is 8.06. The topological polar surface area (TPSA) is 50.4 Å². The third kappa shape index (κ3) is 3.63. The van der Waals surface area contributed by atoms with E-state index >= 15 is 0 Å². The number of nitrogens with one attached hydrogen (secondary N) is 2. The predicted octanol–water partition coefficient (Wildman–Crippen LogP) is 1.93. The van der Waals surface area contributed by atoms with Gasteiger partial charge in [-0.3, -0.25) is 4.79 Å². The molecule has 1 heterocycles. The van der Waals surface area contributed by atoms with Crippen molar-refractivity contribution < 1.29 is 9.53 Å². The van der Waals surface area contributed by atoms with Gasteiger partial charge in [0, 0.05) is 43.2 Å². The molecule has 3 rings (SSSR count). The van der Waals surface area contributed by atoms with Crippen LogP contribution in [0.3, 0.4) is 0 Å². The van der Waals surface area contributed by atoms with E-state index in [1.807, 2.05) is 18.2 Å². The molecule has 0 bridgehead atoms. The molecule has 0 spiro atoms. The summed E-state index contributed by atoms with van der Waals surface area (Å²) in [6, 6.07) is 6.43. The third-order valence-electron chi connectivity index (χ3n) is 4.34. The fraction of sp³-hybridized carbons (Fsp3) is 0.588. The van der Waals surface area contributed by atoms with E-state index < -0.39 is 0 Å². The van der Waals surface area contributed by atoms with Crippen LogP contribution in [-0.4, -0.2) is 38.1 Å². The summed E-state index contributed by atoms with van der Waals surface area (Å²) in [6.45, 7) is 3.90. The molecule has 1 atom stereocenters. The van der Waals surface area contributed by atoms with E-state index in [2.05, 4.69) is 10.6 Å². The molecular weight excluding hydrogens is 264 g/mol. The zero-order chi connectivity index (χ0) is 14.5. The van der Waals surface area contributed by atoms with Crippen molar-refractivity contribution >= 4 is 5.78 Å². The molecule has 0 amide bonds. The van der Waals surface area contributed by atoms with Crippen molar-refractivity contribution in [2.75, 3.05) is 26.2 Å². The van der Waals surface area contributed by atoms with E-state index in [4.69, 9.17) is 4.74 Å². The fourth-order valence-electron chi connectivity index (χ4n) is 3.21. The van der Waals surface area contributed by atoms with Crippen molar-refractivity contribution in [3.8, 4) is 5.75 Å². The first-order valence-electron chi connectivity index (χ1n) is 8.06. The van der Waals surface area contributed by atoms with Crippen molar-refractivity contribution in [3.63, 3.8) is 0 Å². The van der Waals surface area contributed by atoms with Crippen molar-refractivity contribution in [2.45, 2.75) is 38.1 Å². The van der Waals surface area contributed by atoms with Gasteiger partial charge in [-0.05, 0) is 31.7 Å². The van der Waals surface area contributed by atoms with Gasteiger partial charge < -0.3 is 15.4 Å². The number of carbonyl (C=O) groups excluding carboxylic acids is 1. The van der Waals surface area contributed by atoms with E-state index in [0.717, 1.165) is 68.8 Å². The normalized spacial score (nSPS) is 21.9. The highest BCUT2D eigenvalue weighted by atomic mass is 16.5. The molecule has 4 heteroatoms. The minimum Gasteiger partial charge on any atom is -0.493 e. The molecule has 0 radical (unpaired) electrons. The Morgan fingerprint density at radius 2 is 2.19 bits per heavy atom. The Morgan fingerprint density at radius 1 is 1.24 bits per heavy atom. The third-order valence-corrected chi connectivity index (χ3v) is 4.34. The van der Waals surface area contributed by atoms with Gasteiger partial charge >= 0.3 is 0 Å². The van der Waals surface area contributed by atoms with Gasteiger partial charge in [0.1, 0.15) is 5.75 Å². The van der Waals surface area contributed by atoms with Crippen molar-refractivity contribution in [3.05, 3.63) is 29.3 Å². The van der Waals surface area contributed by atoms with E-state index in [1.54, 1.807) is 0 Å². The lowest BCUT2D eigenvalue weighted by Gasteiger charge is -2.24. The maximum atomic E-state index is 11.9. The van der Waals surface area contributed by atoms with Gasteiger partial charge in [0.2, 0.25) is 0 Å². The van der Waals surface area contributed by atoms with Crippen molar-refractivity contribution in [2.24, 2.45) is 0 Å². The van der Waals surface area contributed by atoms with Crippen LogP contribution >= 0.6 is 0 Å². The second-order valence-corrected chi connectivity index (χ2v) is 5.90. The Hall–Kier alpha value is -1.39. The summed E-state index contributed by atoms with van der Waals surface area (Å²) in [7, 11) is 0. The maximum Gasteiger partial charge on any atom is 0.163 e. The molecule has 1 aliphatic heterocycles. The van der Waals surface area contributed by atoms with Crippen molar-refractivity contribution in [1.29, 1.82) is 0 Å². The molecule has 4 nitrogen and oxygen atoms in total. The summed E-state index contributed by atoms with van der Waals surface area (Å²) in [5.74, 6) is 1.18. The lowest BCUT2D eigenvalue weighted by atomic mass is 9.90. The van der Waals surface area contributed by atoms with E-state index in [-0.39, 0.29) is 5.78 Å². The molecule has 1 fully saturated rings. The quantitative estimate of drug-likeness (QED) is 0.813. The number of Topliss-reactive ketones (excluding diaryl/α,β-unsaturated/α-hetero) is 1. The molecule has 0 aromatic heterocycles. The molecule has 1 aromatic carbocycles.